The van der Waals surface area contributed by atoms with Gasteiger partial charge in [-0.25, -0.2) is 5.43 Å². The number of hydrazine groups is 1. The Morgan fingerprint density at radius 1 is 1.14 bits per heavy atom. The number of guanidine groups is 1. The quantitative estimate of drug-likeness (QED) is 0.0487. The number of rotatable bonds is 13. The molecule has 6 bridgehead atoms. The number of methoxy groups -OCH3 is 1. The summed E-state index contributed by atoms with van der Waals surface area (Å²) in [7, 11) is 3.17. The van der Waals surface area contributed by atoms with E-state index in [1.807, 2.05) is 32.0 Å². The van der Waals surface area contributed by atoms with Crippen molar-refractivity contribution >= 4 is 40.6 Å². The van der Waals surface area contributed by atoms with E-state index >= 15 is 0 Å². The van der Waals surface area contributed by atoms with Gasteiger partial charge in [-0.1, -0.05) is 39.8 Å². The van der Waals surface area contributed by atoms with E-state index in [0.29, 0.717) is 56.5 Å². The summed E-state index contributed by atoms with van der Waals surface area (Å²) in [6.45, 7) is 11.5. The maximum Gasteiger partial charge on any atom is 0.324 e. The topological polar surface area (TPSA) is 246 Å². The number of aromatic hydroxyl groups is 1. The van der Waals surface area contributed by atoms with Gasteiger partial charge in [0.2, 0.25) is 11.8 Å². The van der Waals surface area contributed by atoms with Crippen molar-refractivity contribution in [1.82, 2.24) is 30.2 Å². The van der Waals surface area contributed by atoms with Crippen LogP contribution in [0.5, 0.6) is 5.75 Å². The second-order valence-corrected chi connectivity index (χ2v) is 18.3. The SMILES string of the molecule is CCn1c(-c2cccnc2COC)c2c3cc(ccc31)-c1cc(O)cc(c1)C[C@H](NC(=O)[C@H](C(C)C)N(C)C(=O)[C@H](N)CCCN=C(N)N)C(=O)N1CCC[C@H](N1)C(=O)OCC(C)(C)C2. The minimum Gasteiger partial charge on any atom is -0.508 e. The normalized spacial score (nSPS) is 18.7. The van der Waals surface area contributed by atoms with Crippen molar-refractivity contribution < 1.29 is 33.8 Å². The molecule has 4 heterocycles. The highest BCUT2D eigenvalue weighted by Gasteiger charge is 2.38. The molecule has 2 aromatic carbocycles. The number of likely N-dealkylation sites (N-methyl/N-ethyl adjacent to an activating group) is 1. The molecule has 17 heteroatoms. The number of esters is 1. The second-order valence-electron chi connectivity index (χ2n) is 18.3. The number of aromatic nitrogens is 2. The maximum absolute atomic E-state index is 14.7. The van der Waals surface area contributed by atoms with Gasteiger partial charge in [0, 0.05) is 68.3 Å². The number of carbonyl (C=O) groups excluding carboxylic acids is 4. The molecule has 6 rings (SSSR count). The van der Waals surface area contributed by atoms with Crippen molar-refractivity contribution in [2.75, 3.05) is 33.9 Å². The van der Waals surface area contributed by atoms with E-state index in [-0.39, 0.29) is 43.6 Å². The van der Waals surface area contributed by atoms with Gasteiger partial charge in [0.25, 0.3) is 5.91 Å². The van der Waals surface area contributed by atoms with Gasteiger partial charge in [-0.15, -0.1) is 0 Å². The molecule has 0 saturated carbocycles. The highest BCUT2D eigenvalue weighted by molar-refractivity contribution is 5.96. The lowest BCUT2D eigenvalue weighted by Crippen LogP contribution is -2.62. The average Bonchev–Trinajstić information content (AvgIpc) is 3.57. The van der Waals surface area contributed by atoms with Gasteiger partial charge in [-0.3, -0.25) is 34.2 Å². The molecular weight excluding hydrogens is 829 g/mol. The molecule has 0 spiro atoms. The molecule has 17 nitrogen and oxygen atoms in total. The Balaban J connectivity index is 1.43. The summed E-state index contributed by atoms with van der Waals surface area (Å²) in [5.41, 5.74) is 26.7. The van der Waals surface area contributed by atoms with Gasteiger partial charge in [-0.2, -0.15) is 0 Å². The third-order valence-electron chi connectivity index (χ3n) is 12.2. The number of carbonyl (C=O) groups is 4. The predicted octanol–water partition coefficient (Wildman–Crippen LogP) is 3.75. The summed E-state index contributed by atoms with van der Waals surface area (Å²) in [4.78, 5) is 66.5. The lowest BCUT2D eigenvalue weighted by Gasteiger charge is -2.37. The van der Waals surface area contributed by atoms with E-state index < -0.39 is 53.3 Å². The van der Waals surface area contributed by atoms with Crippen LogP contribution >= 0.6 is 0 Å². The number of hydrogen-bond donors (Lipinski definition) is 6. The second kappa shape index (κ2) is 20.9. The summed E-state index contributed by atoms with van der Waals surface area (Å²) in [6, 6.07) is 11.5. The zero-order valence-electron chi connectivity index (χ0n) is 38.7. The minimum atomic E-state index is -1.17. The lowest BCUT2D eigenvalue weighted by molar-refractivity contribution is -0.155. The van der Waals surface area contributed by atoms with Crippen molar-refractivity contribution in [1.29, 1.82) is 0 Å². The fourth-order valence-corrected chi connectivity index (χ4v) is 9.14. The van der Waals surface area contributed by atoms with Crippen molar-refractivity contribution in [3.05, 3.63) is 71.5 Å². The first-order chi connectivity index (χ1) is 30.9. The molecule has 0 radical (unpaired) electrons. The van der Waals surface area contributed by atoms with E-state index in [4.69, 9.17) is 31.7 Å². The number of hydrogen-bond acceptors (Lipinski definition) is 11. The molecule has 2 aromatic heterocycles. The number of nitrogens with zero attached hydrogens (tertiary/aromatic N) is 5. The summed E-state index contributed by atoms with van der Waals surface area (Å²) in [5, 5.41) is 16.6. The van der Waals surface area contributed by atoms with Crippen LogP contribution in [0.4, 0.5) is 0 Å². The molecule has 4 atom stereocenters. The number of nitrogens with one attached hydrogen (secondary N) is 2. The zero-order chi connectivity index (χ0) is 47.2. The van der Waals surface area contributed by atoms with Crippen molar-refractivity contribution in [3.63, 3.8) is 0 Å². The molecule has 65 heavy (non-hydrogen) atoms. The summed E-state index contributed by atoms with van der Waals surface area (Å²) >= 11 is 0. The van der Waals surface area contributed by atoms with E-state index in [9.17, 15) is 24.3 Å². The van der Waals surface area contributed by atoms with E-state index in [0.717, 1.165) is 39.0 Å². The van der Waals surface area contributed by atoms with Gasteiger partial charge >= 0.3 is 5.97 Å². The minimum absolute atomic E-state index is 0.0182. The van der Waals surface area contributed by atoms with Gasteiger partial charge in [0.1, 0.15) is 23.9 Å². The third-order valence-corrected chi connectivity index (χ3v) is 12.2. The molecule has 350 valence electrons. The highest BCUT2D eigenvalue weighted by Crippen LogP contribution is 2.41. The Labute approximate surface area is 381 Å². The molecule has 1 fully saturated rings. The fourth-order valence-electron chi connectivity index (χ4n) is 9.14. The number of benzene rings is 2. The first kappa shape index (κ1) is 48.4. The molecule has 4 aromatic rings. The lowest BCUT2D eigenvalue weighted by atomic mass is 9.84. The fraction of sp³-hybridized carbons (Fsp3) is 0.500. The molecule has 9 N–H and O–H groups in total. The van der Waals surface area contributed by atoms with Crippen LogP contribution in [-0.4, -0.2) is 112 Å². The van der Waals surface area contributed by atoms with Crippen molar-refractivity contribution in [2.45, 2.75) is 110 Å². The van der Waals surface area contributed by atoms with Crippen LogP contribution in [0.3, 0.4) is 0 Å². The number of fused-ring (bicyclic) bond motifs is 6. The van der Waals surface area contributed by atoms with E-state index in [1.165, 1.54) is 17.0 Å². The van der Waals surface area contributed by atoms with E-state index in [1.54, 1.807) is 25.4 Å². The van der Waals surface area contributed by atoms with Crippen LogP contribution in [0.1, 0.15) is 77.1 Å². The molecule has 3 amide bonds. The van der Waals surface area contributed by atoms with Crippen molar-refractivity contribution in [2.24, 2.45) is 33.5 Å². The van der Waals surface area contributed by atoms with Gasteiger partial charge in [-0.05, 0) is 104 Å². The van der Waals surface area contributed by atoms with Crippen LogP contribution in [-0.2, 0) is 54.6 Å². The smallest absolute Gasteiger partial charge is 0.324 e. The number of ether oxygens (including phenoxy) is 2. The van der Waals surface area contributed by atoms with Crippen molar-refractivity contribution in [3.8, 4) is 28.1 Å². The summed E-state index contributed by atoms with van der Waals surface area (Å²) in [6.07, 6.45) is 3.96. The van der Waals surface area contributed by atoms with Crippen LogP contribution in [0.15, 0.2) is 59.7 Å². The Hall–Kier alpha value is -6.04. The monoisotopic (exact) mass is 895 g/mol. The molecule has 2 aliphatic heterocycles. The van der Waals surface area contributed by atoms with Gasteiger partial charge in [0.05, 0.1) is 30.6 Å². The number of phenols is 1. The summed E-state index contributed by atoms with van der Waals surface area (Å²) < 4.78 is 14.0. The van der Waals surface area contributed by atoms with Crippen LogP contribution in [0.25, 0.3) is 33.3 Å². The number of nitrogens with two attached hydrogens (primary N) is 3. The number of cyclic esters (lactones) is 1. The van der Waals surface area contributed by atoms with Crippen LogP contribution in [0, 0.1) is 11.3 Å². The standard InChI is InChI=1S/C48H66N10O7/c1-8-57-40-16-15-30-24-34(40)35(42(57)33-12-9-17-52-39(33)26-64-7)25-48(4,5)27-65-46(63)37-14-11-19-58(55-37)45(62)38(22-29-20-31(30)23-32(59)21-29)54-43(60)41(28(2)3)56(6)44(61)36(49)13-10-18-53-47(50)51/h9,12,15-17,20-21,23-24,28,36-38,41,55,59H,8,10-11,13-14,18-19,22,25-27,49H2,1-7H3,(H,54,60)(H4,50,51,53)/t36-,37+,38+,41+/m1/s1. The molecule has 2 aliphatic rings. The Morgan fingerprint density at radius 3 is 2.62 bits per heavy atom. The number of amides is 3. The first-order valence-electron chi connectivity index (χ1n) is 22.5. The zero-order valence-corrected chi connectivity index (χ0v) is 38.7. The Kier molecular flexibility index (Phi) is 15.5. The van der Waals surface area contributed by atoms with Gasteiger partial charge < -0.3 is 46.6 Å². The molecule has 0 unspecified atom stereocenters. The molecular formula is C48H66N10O7. The number of aryl methyl sites for hydroxylation is 1. The highest BCUT2D eigenvalue weighted by atomic mass is 16.5. The van der Waals surface area contributed by atoms with Gasteiger partial charge in [0.15, 0.2) is 5.96 Å². The Bertz CT molecular complexity index is 2410. The number of pyridine rings is 1. The van der Waals surface area contributed by atoms with Crippen LogP contribution in [0.2, 0.25) is 0 Å². The number of phenolic OH excluding ortho intramolecular Hbond substituents is 1. The first-order valence-corrected chi connectivity index (χ1v) is 22.5. The van der Waals surface area contributed by atoms with Crippen LogP contribution < -0.4 is 27.9 Å². The molecule has 0 aliphatic carbocycles. The maximum atomic E-state index is 14.7. The third kappa shape index (κ3) is 11.3. The Morgan fingerprint density at radius 2 is 1.91 bits per heavy atom. The van der Waals surface area contributed by atoms with E-state index in [2.05, 4.69) is 59.3 Å². The number of aliphatic imine (C=N–C) groups is 1. The summed E-state index contributed by atoms with van der Waals surface area (Å²) in [5.74, 6) is -2.43. The average molecular weight is 895 g/mol. The molecule has 1 saturated heterocycles. The predicted molar refractivity (Wildman–Crippen MR) is 250 cm³/mol. The largest absolute Gasteiger partial charge is 0.508 e.